The molecule has 0 aliphatic carbocycles. The van der Waals surface area contributed by atoms with E-state index in [0.717, 1.165) is 12.0 Å². The molecule has 1 heterocycles. The minimum absolute atomic E-state index is 0.0129. The van der Waals surface area contributed by atoms with Crippen LogP contribution in [0.2, 0.25) is 0 Å². The van der Waals surface area contributed by atoms with Crippen LogP contribution in [0.1, 0.15) is 46.1 Å². The van der Waals surface area contributed by atoms with Gasteiger partial charge in [0.1, 0.15) is 5.54 Å². The van der Waals surface area contributed by atoms with Crippen molar-refractivity contribution >= 4 is 11.9 Å². The van der Waals surface area contributed by atoms with Crippen LogP contribution in [-0.4, -0.2) is 35.5 Å². The van der Waals surface area contributed by atoms with Gasteiger partial charge in [0.2, 0.25) is 5.91 Å². The Bertz CT molecular complexity index is 562. The molecule has 4 nitrogen and oxygen atoms in total. The summed E-state index contributed by atoms with van der Waals surface area (Å²) in [6.07, 6.45) is 1.99. The highest BCUT2D eigenvalue weighted by molar-refractivity contribution is 5.91. The van der Waals surface area contributed by atoms with E-state index in [-0.39, 0.29) is 11.9 Å². The van der Waals surface area contributed by atoms with Crippen molar-refractivity contribution < 1.29 is 14.3 Å². The molecule has 1 saturated heterocycles. The van der Waals surface area contributed by atoms with Gasteiger partial charge in [-0.3, -0.25) is 4.79 Å². The Morgan fingerprint density at radius 3 is 2.43 bits per heavy atom. The lowest BCUT2D eigenvalue weighted by Crippen LogP contribution is -2.57. The van der Waals surface area contributed by atoms with Crippen LogP contribution in [0.3, 0.4) is 0 Å². The Labute approximate surface area is 138 Å². The first-order valence-corrected chi connectivity index (χ1v) is 8.34. The fourth-order valence-corrected chi connectivity index (χ4v) is 3.25. The SMILES string of the molecule is CCOC(=O)[C@@]1(Cc2ccccc2)CCCN1C(=O)C(C)(C)C. The molecule has 0 spiro atoms. The number of carbonyl (C=O) groups excluding carboxylic acids is 2. The van der Waals surface area contributed by atoms with E-state index in [1.54, 1.807) is 11.8 Å². The van der Waals surface area contributed by atoms with Crippen molar-refractivity contribution in [1.82, 2.24) is 4.90 Å². The second-order valence-corrected chi connectivity index (χ2v) is 7.22. The van der Waals surface area contributed by atoms with E-state index in [0.29, 0.717) is 26.0 Å². The maximum absolute atomic E-state index is 12.9. The molecule has 1 amide bonds. The van der Waals surface area contributed by atoms with Crippen molar-refractivity contribution in [3.05, 3.63) is 35.9 Å². The lowest BCUT2D eigenvalue weighted by atomic mass is 9.85. The van der Waals surface area contributed by atoms with Crippen molar-refractivity contribution in [2.45, 2.75) is 52.5 Å². The highest BCUT2D eigenvalue weighted by Gasteiger charge is 2.52. The van der Waals surface area contributed by atoms with Gasteiger partial charge in [-0.15, -0.1) is 0 Å². The van der Waals surface area contributed by atoms with Crippen LogP contribution in [0.5, 0.6) is 0 Å². The third kappa shape index (κ3) is 3.57. The average Bonchev–Trinajstić information content (AvgIpc) is 2.91. The Hall–Kier alpha value is -1.84. The van der Waals surface area contributed by atoms with Gasteiger partial charge in [-0.2, -0.15) is 0 Å². The fourth-order valence-electron chi connectivity index (χ4n) is 3.25. The Morgan fingerprint density at radius 2 is 1.87 bits per heavy atom. The van der Waals surface area contributed by atoms with Gasteiger partial charge in [0, 0.05) is 18.4 Å². The monoisotopic (exact) mass is 317 g/mol. The number of ether oxygens (including phenoxy) is 1. The van der Waals surface area contributed by atoms with Crippen LogP contribution in [0.25, 0.3) is 0 Å². The first-order chi connectivity index (χ1) is 10.8. The maximum atomic E-state index is 12.9. The van der Waals surface area contributed by atoms with E-state index < -0.39 is 11.0 Å². The predicted octanol–water partition coefficient (Wildman–Crippen LogP) is 3.20. The van der Waals surface area contributed by atoms with Gasteiger partial charge in [0.25, 0.3) is 0 Å². The first-order valence-electron chi connectivity index (χ1n) is 8.34. The summed E-state index contributed by atoms with van der Waals surface area (Å²) in [7, 11) is 0. The minimum atomic E-state index is -0.873. The molecule has 0 N–H and O–H groups in total. The predicted molar refractivity (Wildman–Crippen MR) is 89.9 cm³/mol. The zero-order valence-corrected chi connectivity index (χ0v) is 14.6. The van der Waals surface area contributed by atoms with Crippen LogP contribution < -0.4 is 0 Å². The quantitative estimate of drug-likeness (QED) is 0.801. The number of hydrogen-bond acceptors (Lipinski definition) is 3. The average molecular weight is 317 g/mol. The molecule has 1 aliphatic heterocycles. The number of esters is 1. The Balaban J connectivity index is 2.40. The Kier molecular flexibility index (Phi) is 5.12. The van der Waals surface area contributed by atoms with E-state index >= 15 is 0 Å². The van der Waals surface area contributed by atoms with Gasteiger partial charge < -0.3 is 9.64 Å². The molecule has 4 heteroatoms. The molecular formula is C19H27NO3. The summed E-state index contributed by atoms with van der Waals surface area (Å²) >= 11 is 0. The van der Waals surface area contributed by atoms with Crippen molar-refractivity contribution in [3.63, 3.8) is 0 Å². The molecule has 1 aromatic rings. The van der Waals surface area contributed by atoms with Gasteiger partial charge >= 0.3 is 5.97 Å². The molecule has 1 fully saturated rings. The Morgan fingerprint density at radius 1 is 1.22 bits per heavy atom. The van der Waals surface area contributed by atoms with Gasteiger partial charge in [-0.05, 0) is 25.3 Å². The second-order valence-electron chi connectivity index (χ2n) is 7.22. The van der Waals surface area contributed by atoms with Crippen LogP contribution >= 0.6 is 0 Å². The summed E-state index contributed by atoms with van der Waals surface area (Å²) in [4.78, 5) is 27.5. The summed E-state index contributed by atoms with van der Waals surface area (Å²) in [5.74, 6) is -0.266. The van der Waals surface area contributed by atoms with Gasteiger partial charge in [-0.25, -0.2) is 4.79 Å². The van der Waals surface area contributed by atoms with Crippen molar-refractivity contribution in [1.29, 1.82) is 0 Å². The molecule has 23 heavy (non-hydrogen) atoms. The smallest absolute Gasteiger partial charge is 0.332 e. The topological polar surface area (TPSA) is 46.6 Å². The number of benzene rings is 1. The molecule has 1 aliphatic rings. The van der Waals surface area contributed by atoms with E-state index in [1.165, 1.54) is 0 Å². The summed E-state index contributed by atoms with van der Waals surface area (Å²) in [6, 6.07) is 9.86. The standard InChI is InChI=1S/C19H27NO3/c1-5-23-17(22)19(14-15-10-7-6-8-11-15)12-9-13-20(19)16(21)18(2,3)4/h6-8,10-11H,5,9,12-14H2,1-4H3/t19-/m0/s1. The molecule has 0 radical (unpaired) electrons. The molecule has 0 bridgehead atoms. The highest BCUT2D eigenvalue weighted by atomic mass is 16.5. The maximum Gasteiger partial charge on any atom is 0.332 e. The molecule has 2 rings (SSSR count). The summed E-state index contributed by atoms with van der Waals surface area (Å²) in [6.45, 7) is 8.43. The minimum Gasteiger partial charge on any atom is -0.464 e. The van der Waals surface area contributed by atoms with Gasteiger partial charge in [0.05, 0.1) is 6.61 Å². The second kappa shape index (κ2) is 6.73. The van der Waals surface area contributed by atoms with Crippen molar-refractivity contribution in [3.8, 4) is 0 Å². The molecular weight excluding hydrogens is 290 g/mol. The van der Waals surface area contributed by atoms with Crippen LogP contribution in [-0.2, 0) is 20.7 Å². The van der Waals surface area contributed by atoms with E-state index in [2.05, 4.69) is 0 Å². The van der Waals surface area contributed by atoms with Crippen LogP contribution in [0.4, 0.5) is 0 Å². The fraction of sp³-hybridized carbons (Fsp3) is 0.579. The summed E-state index contributed by atoms with van der Waals surface area (Å²) < 4.78 is 5.36. The third-order valence-corrected chi connectivity index (χ3v) is 4.37. The number of nitrogens with zero attached hydrogens (tertiary/aromatic N) is 1. The van der Waals surface area contributed by atoms with E-state index in [1.807, 2.05) is 51.1 Å². The van der Waals surface area contributed by atoms with Crippen LogP contribution in [0, 0.1) is 5.41 Å². The van der Waals surface area contributed by atoms with E-state index in [4.69, 9.17) is 4.74 Å². The van der Waals surface area contributed by atoms with E-state index in [9.17, 15) is 9.59 Å². The normalized spacial score (nSPS) is 21.3. The molecule has 126 valence electrons. The molecule has 0 saturated carbocycles. The third-order valence-electron chi connectivity index (χ3n) is 4.37. The van der Waals surface area contributed by atoms with Crippen molar-refractivity contribution in [2.75, 3.05) is 13.2 Å². The zero-order chi connectivity index (χ0) is 17.1. The largest absolute Gasteiger partial charge is 0.464 e. The zero-order valence-electron chi connectivity index (χ0n) is 14.6. The number of rotatable bonds is 4. The number of carbonyl (C=O) groups is 2. The van der Waals surface area contributed by atoms with Gasteiger partial charge in [0.15, 0.2) is 0 Å². The first kappa shape index (κ1) is 17.5. The lowest BCUT2D eigenvalue weighted by molar-refractivity contribution is -0.164. The number of amides is 1. The molecule has 1 atom stereocenters. The summed E-state index contributed by atoms with van der Waals surface area (Å²) in [5, 5.41) is 0. The molecule has 1 aromatic carbocycles. The summed E-state index contributed by atoms with van der Waals surface area (Å²) in [5.41, 5.74) is -0.338. The van der Waals surface area contributed by atoms with Crippen molar-refractivity contribution in [2.24, 2.45) is 5.41 Å². The van der Waals surface area contributed by atoms with Crippen LogP contribution in [0.15, 0.2) is 30.3 Å². The molecule has 0 unspecified atom stereocenters. The highest BCUT2D eigenvalue weighted by Crippen LogP contribution is 2.37. The lowest BCUT2D eigenvalue weighted by Gasteiger charge is -2.39. The number of likely N-dealkylation sites (tertiary alicyclic amines) is 1. The van der Waals surface area contributed by atoms with Gasteiger partial charge in [-0.1, -0.05) is 51.1 Å². The number of hydrogen-bond donors (Lipinski definition) is 0. The molecule has 0 aromatic heterocycles.